The highest BCUT2D eigenvalue weighted by atomic mass is 16.3. The first kappa shape index (κ1) is 35.7. The van der Waals surface area contributed by atoms with Crippen LogP contribution in [0.2, 0.25) is 0 Å². The van der Waals surface area contributed by atoms with Crippen LogP contribution in [-0.4, -0.2) is 24.5 Å². The lowest BCUT2D eigenvalue weighted by atomic mass is 9.85. The van der Waals surface area contributed by atoms with Crippen molar-refractivity contribution in [2.45, 2.75) is 13.5 Å². The van der Waals surface area contributed by atoms with Gasteiger partial charge in [0.05, 0.1) is 11.0 Å². The van der Waals surface area contributed by atoms with Gasteiger partial charge in [-0.2, -0.15) is 0 Å². The first-order valence-electron chi connectivity index (χ1n) is 21.0. The monoisotopic (exact) mass is 795 g/mol. The normalized spacial score (nSPS) is 11.7. The molecule has 12 aromatic rings. The van der Waals surface area contributed by atoms with Crippen LogP contribution in [-0.2, 0) is 6.54 Å². The molecule has 62 heavy (non-hydrogen) atoms. The molecule has 0 aliphatic rings. The van der Waals surface area contributed by atoms with Gasteiger partial charge in [-0.05, 0) is 81.1 Å². The van der Waals surface area contributed by atoms with Crippen LogP contribution in [0.5, 0.6) is 0 Å². The number of imidazole rings is 1. The summed E-state index contributed by atoms with van der Waals surface area (Å²) in [5.74, 6) is 2.82. The van der Waals surface area contributed by atoms with Gasteiger partial charge in [0.15, 0.2) is 17.5 Å². The fraction of sp³-hybridized carbons (Fsp3) is 0.0357. The SMILES string of the molecule is CCn1c(-c2ccc(-c3c4ccccc4c(-c4ccc5oc6cccc(-c7nc(-c8ccccc8)nc(-c8ccccc8)n7)c6c5c4)c4ccccc34)cc2)nc2ccccc21. The molecule has 9 aromatic carbocycles. The van der Waals surface area contributed by atoms with Crippen molar-refractivity contribution in [3.63, 3.8) is 0 Å². The van der Waals surface area contributed by atoms with E-state index >= 15 is 0 Å². The van der Waals surface area contributed by atoms with Crippen molar-refractivity contribution in [2.24, 2.45) is 0 Å². The third-order valence-electron chi connectivity index (χ3n) is 12.1. The Labute approximate surface area is 357 Å². The summed E-state index contributed by atoms with van der Waals surface area (Å²) in [6.45, 7) is 3.02. The lowest BCUT2D eigenvalue weighted by molar-refractivity contribution is 0.669. The molecule has 0 saturated carbocycles. The molecule has 0 radical (unpaired) electrons. The summed E-state index contributed by atoms with van der Waals surface area (Å²) < 4.78 is 8.88. The van der Waals surface area contributed by atoms with Crippen LogP contribution in [0.1, 0.15) is 6.92 Å². The first-order chi connectivity index (χ1) is 30.7. The van der Waals surface area contributed by atoms with E-state index in [1.165, 1.54) is 32.7 Å². The van der Waals surface area contributed by atoms with Crippen LogP contribution in [0.25, 0.3) is 122 Å². The van der Waals surface area contributed by atoms with E-state index in [2.05, 4.69) is 133 Å². The molecule has 292 valence electrons. The van der Waals surface area contributed by atoms with E-state index in [1.54, 1.807) is 0 Å². The van der Waals surface area contributed by atoms with Crippen LogP contribution >= 0.6 is 0 Å². The lowest BCUT2D eigenvalue weighted by Crippen LogP contribution is -2.00. The molecule has 0 atom stereocenters. The van der Waals surface area contributed by atoms with Gasteiger partial charge in [0.25, 0.3) is 0 Å². The predicted octanol–water partition coefficient (Wildman–Crippen LogP) is 14.4. The van der Waals surface area contributed by atoms with Gasteiger partial charge in [0.1, 0.15) is 17.0 Å². The molecule has 0 aliphatic carbocycles. The number of hydrogen-bond acceptors (Lipinski definition) is 5. The Bertz CT molecular complexity index is 3550. The van der Waals surface area contributed by atoms with Gasteiger partial charge in [-0.3, -0.25) is 0 Å². The van der Waals surface area contributed by atoms with Gasteiger partial charge >= 0.3 is 0 Å². The van der Waals surface area contributed by atoms with Crippen molar-refractivity contribution in [2.75, 3.05) is 0 Å². The van der Waals surface area contributed by atoms with Gasteiger partial charge < -0.3 is 8.98 Å². The van der Waals surface area contributed by atoms with E-state index in [-0.39, 0.29) is 0 Å². The van der Waals surface area contributed by atoms with Crippen LogP contribution in [0.4, 0.5) is 0 Å². The van der Waals surface area contributed by atoms with Crippen molar-refractivity contribution in [3.05, 3.63) is 194 Å². The average molecular weight is 796 g/mol. The topological polar surface area (TPSA) is 69.6 Å². The molecule has 0 fully saturated rings. The maximum absolute atomic E-state index is 6.58. The molecule has 6 heteroatoms. The highest BCUT2D eigenvalue weighted by molar-refractivity contribution is 6.22. The molecular formula is C56H37N5O. The van der Waals surface area contributed by atoms with Crippen molar-refractivity contribution >= 4 is 54.5 Å². The minimum absolute atomic E-state index is 0.592. The molecule has 0 bridgehead atoms. The Morgan fingerprint density at radius 3 is 1.56 bits per heavy atom. The standard InChI is InChI=1S/C56H37N5O/c1-2-61-47-26-14-13-25-46(47)57-56(61)38-30-28-35(29-31-38)50-40-20-9-11-22-42(40)51(43-23-12-10-21-41(43)50)39-32-33-48-45(34-39)52-44(24-15-27-49(52)62-48)55-59-53(36-16-5-3-6-17-36)58-54(60-55)37-18-7-4-8-19-37/h3-34H,2H2,1H3. The number of furan rings is 1. The summed E-state index contributed by atoms with van der Waals surface area (Å²) in [6.07, 6.45) is 0. The number of para-hydroxylation sites is 2. The Hall–Kier alpha value is -8.22. The highest BCUT2D eigenvalue weighted by Crippen LogP contribution is 2.46. The molecule has 0 spiro atoms. The molecular weight excluding hydrogens is 759 g/mol. The summed E-state index contributed by atoms with van der Waals surface area (Å²) in [6, 6.07) is 67.8. The quantitative estimate of drug-likeness (QED) is 0.150. The summed E-state index contributed by atoms with van der Waals surface area (Å²) in [7, 11) is 0. The summed E-state index contributed by atoms with van der Waals surface area (Å²) in [4.78, 5) is 20.2. The third-order valence-corrected chi connectivity index (χ3v) is 12.1. The maximum atomic E-state index is 6.58. The van der Waals surface area contributed by atoms with Crippen molar-refractivity contribution in [1.29, 1.82) is 0 Å². The van der Waals surface area contributed by atoms with Crippen molar-refractivity contribution in [3.8, 4) is 67.8 Å². The van der Waals surface area contributed by atoms with Gasteiger partial charge in [0.2, 0.25) is 0 Å². The van der Waals surface area contributed by atoms with Gasteiger partial charge in [-0.15, -0.1) is 0 Å². The number of fused-ring (bicyclic) bond motifs is 6. The number of aromatic nitrogens is 5. The Morgan fingerprint density at radius 1 is 0.403 bits per heavy atom. The zero-order chi connectivity index (χ0) is 41.1. The van der Waals surface area contributed by atoms with Crippen LogP contribution < -0.4 is 0 Å². The van der Waals surface area contributed by atoms with Crippen LogP contribution in [0.3, 0.4) is 0 Å². The van der Waals surface area contributed by atoms with Gasteiger partial charge in [0, 0.05) is 39.6 Å². The largest absolute Gasteiger partial charge is 0.456 e. The molecule has 12 rings (SSSR count). The van der Waals surface area contributed by atoms with E-state index in [4.69, 9.17) is 24.4 Å². The van der Waals surface area contributed by atoms with Crippen LogP contribution in [0, 0.1) is 0 Å². The second-order valence-electron chi connectivity index (χ2n) is 15.6. The molecule has 3 aromatic heterocycles. The van der Waals surface area contributed by atoms with Crippen molar-refractivity contribution < 1.29 is 4.42 Å². The second-order valence-corrected chi connectivity index (χ2v) is 15.6. The molecule has 0 unspecified atom stereocenters. The number of hydrogen-bond donors (Lipinski definition) is 0. The molecule has 0 N–H and O–H groups in total. The van der Waals surface area contributed by atoms with E-state index in [1.807, 2.05) is 72.8 Å². The molecule has 6 nitrogen and oxygen atoms in total. The summed E-state index contributed by atoms with van der Waals surface area (Å²) in [5.41, 5.74) is 12.2. The zero-order valence-corrected chi connectivity index (χ0v) is 33.8. The average Bonchev–Trinajstić information content (AvgIpc) is 3.92. The zero-order valence-electron chi connectivity index (χ0n) is 33.8. The maximum Gasteiger partial charge on any atom is 0.164 e. The molecule has 0 saturated heterocycles. The third kappa shape index (κ3) is 5.80. The Balaban J connectivity index is 1.04. The fourth-order valence-electron chi connectivity index (χ4n) is 9.25. The summed E-state index contributed by atoms with van der Waals surface area (Å²) >= 11 is 0. The first-order valence-corrected chi connectivity index (χ1v) is 21.0. The molecule has 0 aliphatic heterocycles. The minimum Gasteiger partial charge on any atom is -0.456 e. The minimum atomic E-state index is 0.592. The fourth-order valence-corrected chi connectivity index (χ4v) is 9.25. The van der Waals surface area contributed by atoms with E-state index in [9.17, 15) is 0 Å². The Kier molecular flexibility index (Phi) is 8.35. The van der Waals surface area contributed by atoms with E-state index < -0.39 is 0 Å². The van der Waals surface area contributed by atoms with Gasteiger partial charge in [-0.1, -0.05) is 164 Å². The number of aryl methyl sites for hydroxylation is 1. The Morgan fingerprint density at radius 2 is 0.935 bits per heavy atom. The van der Waals surface area contributed by atoms with E-state index in [0.717, 1.165) is 78.7 Å². The number of rotatable bonds is 7. The molecule has 3 heterocycles. The number of benzene rings is 9. The smallest absolute Gasteiger partial charge is 0.164 e. The molecule has 0 amide bonds. The lowest BCUT2D eigenvalue weighted by Gasteiger charge is -2.18. The van der Waals surface area contributed by atoms with Crippen molar-refractivity contribution in [1.82, 2.24) is 24.5 Å². The van der Waals surface area contributed by atoms with E-state index in [0.29, 0.717) is 17.5 Å². The highest BCUT2D eigenvalue weighted by Gasteiger charge is 2.21. The van der Waals surface area contributed by atoms with Gasteiger partial charge in [-0.25, -0.2) is 19.9 Å². The second kappa shape index (κ2) is 14.5. The number of nitrogens with zero attached hydrogens (tertiary/aromatic N) is 5. The predicted molar refractivity (Wildman–Crippen MR) is 254 cm³/mol. The van der Waals surface area contributed by atoms with Crippen LogP contribution in [0.15, 0.2) is 199 Å². The summed E-state index contributed by atoms with van der Waals surface area (Å²) in [5, 5.41) is 6.72.